The smallest absolute Gasteiger partial charge is 0.192 e. The summed E-state index contributed by atoms with van der Waals surface area (Å²) in [4.78, 5) is 0. The molecule has 1 saturated heterocycles. The first kappa shape index (κ1) is 23.3. The topological polar surface area (TPSA) is 77.4 Å². The van der Waals surface area contributed by atoms with E-state index in [-0.39, 0.29) is 23.9 Å². The minimum atomic E-state index is -1.92. The van der Waals surface area contributed by atoms with Gasteiger partial charge in [-0.25, -0.2) is 0 Å². The standard InChI is InChI=1S/C21H36O6Si/c1-21(2,3)28(5,6)26-14-20-19(11-18(27-20)17(23)12-22)25-13-15-7-9-16(24-4)10-8-15/h7-10,17-20,22-23H,11-14H2,1-6H3/t17-,18+,19+,20+/m1/s1. The van der Waals surface area contributed by atoms with Gasteiger partial charge in [0, 0.05) is 6.42 Å². The fraction of sp³-hybridized carbons (Fsp3) is 0.714. The van der Waals surface area contributed by atoms with Gasteiger partial charge in [-0.15, -0.1) is 0 Å². The average Bonchev–Trinajstić information content (AvgIpc) is 3.07. The van der Waals surface area contributed by atoms with E-state index in [0.717, 1.165) is 11.3 Å². The van der Waals surface area contributed by atoms with Gasteiger partial charge in [-0.3, -0.25) is 0 Å². The largest absolute Gasteiger partial charge is 0.497 e. The van der Waals surface area contributed by atoms with E-state index < -0.39 is 20.5 Å². The van der Waals surface area contributed by atoms with Crippen LogP contribution in [0.25, 0.3) is 0 Å². The molecule has 1 fully saturated rings. The molecule has 7 heteroatoms. The Labute approximate surface area is 169 Å². The molecule has 1 aromatic carbocycles. The zero-order chi connectivity index (χ0) is 20.9. The molecule has 0 bridgehead atoms. The highest BCUT2D eigenvalue weighted by Crippen LogP contribution is 2.37. The summed E-state index contributed by atoms with van der Waals surface area (Å²) in [7, 11) is -0.278. The summed E-state index contributed by atoms with van der Waals surface area (Å²) < 4.78 is 23.6. The minimum Gasteiger partial charge on any atom is -0.497 e. The van der Waals surface area contributed by atoms with Gasteiger partial charge in [-0.1, -0.05) is 32.9 Å². The predicted molar refractivity (Wildman–Crippen MR) is 111 cm³/mol. The van der Waals surface area contributed by atoms with Crippen LogP contribution in [0.2, 0.25) is 18.1 Å². The van der Waals surface area contributed by atoms with Gasteiger partial charge in [-0.2, -0.15) is 0 Å². The van der Waals surface area contributed by atoms with E-state index >= 15 is 0 Å². The summed E-state index contributed by atoms with van der Waals surface area (Å²) in [5.41, 5.74) is 1.04. The lowest BCUT2D eigenvalue weighted by Gasteiger charge is -2.37. The quantitative estimate of drug-likeness (QED) is 0.607. The van der Waals surface area contributed by atoms with Crippen LogP contribution in [0, 0.1) is 0 Å². The van der Waals surface area contributed by atoms with E-state index in [9.17, 15) is 10.2 Å². The Morgan fingerprint density at radius 1 is 1.21 bits per heavy atom. The molecule has 0 aliphatic carbocycles. The molecule has 4 atom stereocenters. The first-order valence-electron chi connectivity index (χ1n) is 9.90. The third-order valence-corrected chi connectivity index (χ3v) is 10.4. The van der Waals surface area contributed by atoms with E-state index in [2.05, 4.69) is 33.9 Å². The highest BCUT2D eigenvalue weighted by molar-refractivity contribution is 6.74. The van der Waals surface area contributed by atoms with Crippen molar-refractivity contribution in [1.29, 1.82) is 0 Å². The molecule has 1 aromatic rings. The number of rotatable bonds is 9. The molecular formula is C21H36O6Si. The van der Waals surface area contributed by atoms with Crippen LogP contribution in [-0.4, -0.2) is 63.3 Å². The fourth-order valence-electron chi connectivity index (χ4n) is 2.87. The number of aliphatic hydroxyl groups excluding tert-OH is 2. The maximum atomic E-state index is 10.0. The summed E-state index contributed by atoms with van der Waals surface area (Å²) in [5, 5.41) is 19.4. The molecule has 6 nitrogen and oxygen atoms in total. The molecule has 0 spiro atoms. The Morgan fingerprint density at radius 3 is 2.39 bits per heavy atom. The molecule has 2 rings (SSSR count). The van der Waals surface area contributed by atoms with Crippen LogP contribution in [0.5, 0.6) is 5.75 Å². The van der Waals surface area contributed by atoms with E-state index in [4.69, 9.17) is 18.6 Å². The number of methoxy groups -OCH3 is 1. The Balaban J connectivity index is 2.00. The normalized spacial score (nSPS) is 24.4. The first-order chi connectivity index (χ1) is 13.1. The molecule has 1 aliphatic heterocycles. The molecule has 28 heavy (non-hydrogen) atoms. The first-order valence-corrected chi connectivity index (χ1v) is 12.8. The van der Waals surface area contributed by atoms with Crippen molar-refractivity contribution >= 4 is 8.32 Å². The van der Waals surface area contributed by atoms with Crippen LogP contribution in [0.15, 0.2) is 24.3 Å². The maximum Gasteiger partial charge on any atom is 0.192 e. The van der Waals surface area contributed by atoms with Crippen LogP contribution in [-0.2, 0) is 20.5 Å². The minimum absolute atomic E-state index is 0.106. The number of benzene rings is 1. The van der Waals surface area contributed by atoms with Gasteiger partial charge < -0.3 is 28.8 Å². The number of hydrogen-bond acceptors (Lipinski definition) is 6. The highest BCUT2D eigenvalue weighted by atomic mass is 28.4. The maximum absolute atomic E-state index is 10.0. The molecule has 0 amide bonds. The van der Waals surface area contributed by atoms with E-state index in [0.29, 0.717) is 19.6 Å². The van der Waals surface area contributed by atoms with Crippen molar-refractivity contribution in [1.82, 2.24) is 0 Å². The molecule has 2 N–H and O–H groups in total. The number of hydrogen-bond donors (Lipinski definition) is 2. The Kier molecular flexibility index (Phi) is 8.07. The third-order valence-electron chi connectivity index (χ3n) is 5.88. The lowest BCUT2D eigenvalue weighted by atomic mass is 10.1. The summed E-state index contributed by atoms with van der Waals surface area (Å²) in [6.07, 6.45) is -1.29. The molecule has 0 radical (unpaired) electrons. The van der Waals surface area contributed by atoms with Crippen LogP contribution >= 0.6 is 0 Å². The Hall–Kier alpha value is -0.963. The molecular weight excluding hydrogens is 376 g/mol. The van der Waals surface area contributed by atoms with Gasteiger partial charge in [0.05, 0.1) is 39.1 Å². The van der Waals surface area contributed by atoms with Crippen molar-refractivity contribution in [2.45, 2.75) is 76.3 Å². The Bertz CT molecular complexity index is 598. The van der Waals surface area contributed by atoms with E-state index in [1.807, 2.05) is 24.3 Å². The zero-order valence-corrected chi connectivity index (χ0v) is 19.0. The van der Waals surface area contributed by atoms with Crippen LogP contribution in [0.3, 0.4) is 0 Å². The van der Waals surface area contributed by atoms with E-state index in [1.54, 1.807) is 7.11 Å². The van der Waals surface area contributed by atoms with Crippen LogP contribution in [0.4, 0.5) is 0 Å². The van der Waals surface area contributed by atoms with Gasteiger partial charge >= 0.3 is 0 Å². The molecule has 160 valence electrons. The second kappa shape index (κ2) is 9.69. The molecule has 1 heterocycles. The molecule has 0 unspecified atom stereocenters. The lowest BCUT2D eigenvalue weighted by molar-refractivity contribution is -0.0813. The predicted octanol–water partition coefficient (Wildman–Crippen LogP) is 3.11. The highest BCUT2D eigenvalue weighted by Gasteiger charge is 2.42. The lowest BCUT2D eigenvalue weighted by Crippen LogP contribution is -2.44. The van der Waals surface area contributed by atoms with Crippen molar-refractivity contribution in [2.75, 3.05) is 20.3 Å². The third kappa shape index (κ3) is 6.02. The van der Waals surface area contributed by atoms with E-state index in [1.165, 1.54) is 0 Å². The van der Waals surface area contributed by atoms with Crippen molar-refractivity contribution in [3.8, 4) is 5.75 Å². The van der Waals surface area contributed by atoms with Crippen molar-refractivity contribution in [3.05, 3.63) is 29.8 Å². The summed E-state index contributed by atoms with van der Waals surface area (Å²) in [5.74, 6) is 0.805. The second-order valence-electron chi connectivity index (χ2n) is 8.97. The molecule has 0 saturated carbocycles. The molecule has 0 aromatic heterocycles. The van der Waals surface area contributed by atoms with Gasteiger partial charge in [0.25, 0.3) is 0 Å². The summed E-state index contributed by atoms with van der Waals surface area (Å²) in [6, 6.07) is 7.74. The van der Waals surface area contributed by atoms with Crippen LogP contribution in [0.1, 0.15) is 32.8 Å². The van der Waals surface area contributed by atoms with Gasteiger partial charge in [0.1, 0.15) is 18.0 Å². The molecule has 1 aliphatic rings. The van der Waals surface area contributed by atoms with Crippen molar-refractivity contribution < 1.29 is 28.8 Å². The van der Waals surface area contributed by atoms with Gasteiger partial charge in [0.15, 0.2) is 8.32 Å². The monoisotopic (exact) mass is 412 g/mol. The number of aliphatic hydroxyl groups is 2. The Morgan fingerprint density at radius 2 is 1.86 bits per heavy atom. The average molecular weight is 413 g/mol. The SMILES string of the molecule is COc1ccc(CO[C@H]2C[C@@H]([C@H](O)CO)O[C@H]2CO[Si](C)(C)C(C)(C)C)cc1. The summed E-state index contributed by atoms with van der Waals surface area (Å²) in [6.45, 7) is 11.5. The van der Waals surface area contributed by atoms with Gasteiger partial charge in [-0.05, 0) is 35.8 Å². The second-order valence-corrected chi connectivity index (χ2v) is 13.8. The fourth-order valence-corrected chi connectivity index (χ4v) is 3.88. The summed E-state index contributed by atoms with van der Waals surface area (Å²) >= 11 is 0. The van der Waals surface area contributed by atoms with Crippen molar-refractivity contribution in [2.24, 2.45) is 0 Å². The van der Waals surface area contributed by atoms with Crippen LogP contribution < -0.4 is 4.74 Å². The number of ether oxygens (including phenoxy) is 3. The zero-order valence-electron chi connectivity index (χ0n) is 18.0. The van der Waals surface area contributed by atoms with Crippen molar-refractivity contribution in [3.63, 3.8) is 0 Å². The van der Waals surface area contributed by atoms with Gasteiger partial charge in [0.2, 0.25) is 0 Å².